The number of hydrogen-bond donors (Lipinski definition) is 2. The van der Waals surface area contributed by atoms with Crippen LogP contribution in [0.15, 0.2) is 23.1 Å². The summed E-state index contributed by atoms with van der Waals surface area (Å²) in [6.45, 7) is 1.40. The highest BCUT2D eigenvalue weighted by molar-refractivity contribution is 5.93. The third-order valence-electron chi connectivity index (χ3n) is 2.58. The van der Waals surface area contributed by atoms with Crippen LogP contribution >= 0.6 is 0 Å². The lowest BCUT2D eigenvalue weighted by molar-refractivity contribution is 0.0792. The van der Waals surface area contributed by atoms with Gasteiger partial charge in [0.1, 0.15) is 0 Å². The van der Waals surface area contributed by atoms with Crippen molar-refractivity contribution >= 4 is 5.91 Å². The lowest BCUT2D eigenvalue weighted by Crippen LogP contribution is -2.28. The maximum atomic E-state index is 11.9. The van der Waals surface area contributed by atoms with Gasteiger partial charge in [-0.1, -0.05) is 6.42 Å². The summed E-state index contributed by atoms with van der Waals surface area (Å²) >= 11 is 0. The van der Waals surface area contributed by atoms with Gasteiger partial charge >= 0.3 is 0 Å². The highest BCUT2D eigenvalue weighted by Crippen LogP contribution is 2.02. The van der Waals surface area contributed by atoms with E-state index in [9.17, 15) is 9.59 Å². The summed E-state index contributed by atoms with van der Waals surface area (Å²) in [5.74, 6) is -0.0750. The first-order valence-electron chi connectivity index (χ1n) is 5.79. The van der Waals surface area contributed by atoms with Crippen molar-refractivity contribution in [3.63, 3.8) is 0 Å². The Hall–Kier alpha value is -1.62. The lowest BCUT2D eigenvalue weighted by Gasteiger charge is -2.16. The van der Waals surface area contributed by atoms with Gasteiger partial charge in [0.2, 0.25) is 5.56 Å². The topological polar surface area (TPSA) is 79.2 Å². The smallest absolute Gasteiger partial charge is 0.255 e. The summed E-state index contributed by atoms with van der Waals surface area (Å²) in [6.07, 6.45) is 4.41. The van der Waals surface area contributed by atoms with E-state index in [-0.39, 0.29) is 11.5 Å². The number of unbranched alkanes of at least 4 members (excludes halogenated alkanes) is 2. The number of rotatable bonds is 6. The molecule has 0 atom stereocenters. The molecule has 0 aliphatic rings. The van der Waals surface area contributed by atoms with Crippen molar-refractivity contribution in [3.05, 3.63) is 34.2 Å². The number of carbonyl (C=O) groups is 1. The molecular formula is C12H19N3O2. The molecule has 0 fully saturated rings. The van der Waals surface area contributed by atoms with Gasteiger partial charge in [0.25, 0.3) is 5.91 Å². The van der Waals surface area contributed by atoms with E-state index in [1.165, 1.54) is 18.3 Å². The largest absolute Gasteiger partial charge is 0.342 e. The van der Waals surface area contributed by atoms with Crippen LogP contribution in [0.1, 0.15) is 29.6 Å². The summed E-state index contributed by atoms with van der Waals surface area (Å²) in [4.78, 5) is 26.9. The van der Waals surface area contributed by atoms with E-state index >= 15 is 0 Å². The van der Waals surface area contributed by atoms with Gasteiger partial charge in [-0.25, -0.2) is 0 Å². The molecule has 17 heavy (non-hydrogen) atoms. The van der Waals surface area contributed by atoms with Gasteiger partial charge in [0, 0.05) is 25.9 Å². The quantitative estimate of drug-likeness (QED) is 0.710. The zero-order valence-electron chi connectivity index (χ0n) is 10.1. The van der Waals surface area contributed by atoms with Crippen molar-refractivity contribution in [2.75, 3.05) is 20.1 Å². The highest BCUT2D eigenvalue weighted by Gasteiger charge is 2.10. The Balaban J connectivity index is 2.46. The van der Waals surface area contributed by atoms with Crippen LogP contribution in [-0.4, -0.2) is 35.9 Å². The zero-order chi connectivity index (χ0) is 12.7. The molecule has 0 saturated heterocycles. The molecule has 1 heterocycles. The average molecular weight is 237 g/mol. The van der Waals surface area contributed by atoms with Crippen LogP contribution in [0.5, 0.6) is 0 Å². The highest BCUT2D eigenvalue weighted by atomic mass is 16.2. The van der Waals surface area contributed by atoms with Crippen LogP contribution in [0.4, 0.5) is 0 Å². The Kier molecular flexibility index (Phi) is 5.42. The number of pyridine rings is 1. The summed E-state index contributed by atoms with van der Waals surface area (Å²) in [6, 6.07) is 2.90. The minimum atomic E-state index is -0.202. The first-order chi connectivity index (χ1) is 8.15. The second-order valence-corrected chi connectivity index (χ2v) is 4.02. The molecule has 0 bridgehead atoms. The SMILES string of the molecule is CN(CCCCCN)C(=O)c1ccc(=O)[nH]c1. The van der Waals surface area contributed by atoms with E-state index in [4.69, 9.17) is 5.73 Å². The third kappa shape index (κ3) is 4.40. The minimum Gasteiger partial charge on any atom is -0.342 e. The van der Waals surface area contributed by atoms with Gasteiger partial charge in [0.15, 0.2) is 0 Å². The number of aromatic amines is 1. The van der Waals surface area contributed by atoms with Crippen molar-refractivity contribution < 1.29 is 4.79 Å². The number of nitrogens with one attached hydrogen (secondary N) is 1. The first kappa shape index (κ1) is 13.4. The number of H-pyrrole nitrogens is 1. The van der Waals surface area contributed by atoms with Crippen molar-refractivity contribution in [2.24, 2.45) is 5.73 Å². The number of nitrogens with two attached hydrogens (primary N) is 1. The van der Waals surface area contributed by atoms with Crippen LogP contribution in [0.2, 0.25) is 0 Å². The molecule has 1 aromatic heterocycles. The van der Waals surface area contributed by atoms with E-state index in [1.807, 2.05) is 0 Å². The molecule has 5 nitrogen and oxygen atoms in total. The molecule has 0 spiro atoms. The Labute approximate surface area is 101 Å². The molecule has 0 aliphatic heterocycles. The Morgan fingerprint density at radius 3 is 2.71 bits per heavy atom. The second kappa shape index (κ2) is 6.85. The Morgan fingerprint density at radius 1 is 1.35 bits per heavy atom. The van der Waals surface area contributed by atoms with E-state index in [2.05, 4.69) is 4.98 Å². The number of hydrogen-bond acceptors (Lipinski definition) is 3. The van der Waals surface area contributed by atoms with Crippen LogP contribution < -0.4 is 11.3 Å². The molecular weight excluding hydrogens is 218 g/mol. The van der Waals surface area contributed by atoms with E-state index in [1.54, 1.807) is 11.9 Å². The van der Waals surface area contributed by atoms with Crippen molar-refractivity contribution in [1.29, 1.82) is 0 Å². The van der Waals surface area contributed by atoms with Gasteiger partial charge in [-0.05, 0) is 25.5 Å². The molecule has 1 rings (SSSR count). The Bertz CT molecular complexity index is 394. The maximum Gasteiger partial charge on any atom is 0.255 e. The van der Waals surface area contributed by atoms with E-state index in [0.717, 1.165) is 19.3 Å². The average Bonchev–Trinajstić information content (AvgIpc) is 2.34. The Morgan fingerprint density at radius 2 is 2.12 bits per heavy atom. The van der Waals surface area contributed by atoms with Crippen molar-refractivity contribution in [1.82, 2.24) is 9.88 Å². The predicted molar refractivity (Wildman–Crippen MR) is 66.9 cm³/mol. The van der Waals surface area contributed by atoms with Gasteiger partial charge in [0.05, 0.1) is 5.56 Å². The molecule has 5 heteroatoms. The summed E-state index contributed by atoms with van der Waals surface area (Å²) in [5.41, 5.74) is 5.70. The predicted octanol–water partition coefficient (Wildman–Crippen LogP) is 0.576. The lowest BCUT2D eigenvalue weighted by atomic mass is 10.2. The van der Waals surface area contributed by atoms with E-state index < -0.39 is 0 Å². The zero-order valence-corrected chi connectivity index (χ0v) is 10.1. The van der Waals surface area contributed by atoms with Crippen molar-refractivity contribution in [2.45, 2.75) is 19.3 Å². The molecule has 0 radical (unpaired) electrons. The van der Waals surface area contributed by atoms with Gasteiger partial charge < -0.3 is 15.6 Å². The molecule has 1 aromatic rings. The number of nitrogens with zero attached hydrogens (tertiary/aromatic N) is 1. The molecule has 1 amide bonds. The van der Waals surface area contributed by atoms with Gasteiger partial charge in [-0.3, -0.25) is 9.59 Å². The van der Waals surface area contributed by atoms with E-state index in [0.29, 0.717) is 18.7 Å². The van der Waals surface area contributed by atoms with Gasteiger partial charge in [-0.2, -0.15) is 0 Å². The fraction of sp³-hybridized carbons (Fsp3) is 0.500. The minimum absolute atomic E-state index is 0.0750. The molecule has 0 unspecified atom stereocenters. The number of carbonyl (C=O) groups excluding carboxylic acids is 1. The van der Waals surface area contributed by atoms with Crippen LogP contribution in [-0.2, 0) is 0 Å². The normalized spacial score (nSPS) is 10.2. The monoisotopic (exact) mass is 237 g/mol. The number of amides is 1. The summed E-state index contributed by atoms with van der Waals surface area (Å²) < 4.78 is 0. The molecule has 0 aromatic carbocycles. The molecule has 0 saturated carbocycles. The van der Waals surface area contributed by atoms with Crippen LogP contribution in [0.25, 0.3) is 0 Å². The summed E-state index contributed by atoms with van der Waals surface area (Å²) in [5, 5.41) is 0. The standard InChI is InChI=1S/C12H19N3O2/c1-15(8-4-2-3-7-13)12(17)10-5-6-11(16)14-9-10/h5-6,9H,2-4,7-8,13H2,1H3,(H,14,16). The maximum absolute atomic E-state index is 11.9. The van der Waals surface area contributed by atoms with Gasteiger partial charge in [-0.15, -0.1) is 0 Å². The molecule has 0 aliphatic carbocycles. The second-order valence-electron chi connectivity index (χ2n) is 4.02. The fourth-order valence-electron chi connectivity index (χ4n) is 1.54. The van der Waals surface area contributed by atoms with Crippen LogP contribution in [0.3, 0.4) is 0 Å². The first-order valence-corrected chi connectivity index (χ1v) is 5.79. The molecule has 94 valence electrons. The molecule has 3 N–H and O–H groups in total. The fourth-order valence-corrected chi connectivity index (χ4v) is 1.54. The van der Waals surface area contributed by atoms with Crippen LogP contribution in [0, 0.1) is 0 Å². The number of aromatic nitrogens is 1. The van der Waals surface area contributed by atoms with Crippen molar-refractivity contribution in [3.8, 4) is 0 Å². The third-order valence-corrected chi connectivity index (χ3v) is 2.58. The summed E-state index contributed by atoms with van der Waals surface area (Å²) in [7, 11) is 1.76.